The summed E-state index contributed by atoms with van der Waals surface area (Å²) in [6.07, 6.45) is 0. The van der Waals surface area contributed by atoms with Crippen molar-refractivity contribution in [3.8, 4) is 17.2 Å². The summed E-state index contributed by atoms with van der Waals surface area (Å²) in [5.41, 5.74) is 6.47. The molecule has 0 fully saturated rings. The van der Waals surface area contributed by atoms with Gasteiger partial charge in [-0.1, -0.05) is 0 Å². The molecule has 1 aliphatic rings. The zero-order chi connectivity index (χ0) is 18.7. The molecule has 0 atom stereocenters. The molecular weight excluding hydrogens is 344 g/mol. The Bertz CT molecular complexity index is 866. The topological polar surface area (TPSA) is 123 Å². The van der Waals surface area contributed by atoms with E-state index >= 15 is 0 Å². The number of fused-ring (bicyclic) bond motifs is 1. The molecule has 1 aliphatic heterocycles. The summed E-state index contributed by atoms with van der Waals surface area (Å²) in [4.78, 5) is 22.3. The van der Waals surface area contributed by atoms with Gasteiger partial charge in [-0.05, 0) is 18.2 Å². The maximum Gasteiger partial charge on any atom is 0.270 e. The molecule has 3 rings (SSSR count). The van der Waals surface area contributed by atoms with E-state index in [1.54, 1.807) is 12.1 Å². The average Bonchev–Trinajstić information content (AvgIpc) is 2.65. The lowest BCUT2D eigenvalue weighted by molar-refractivity contribution is -0.385. The van der Waals surface area contributed by atoms with Crippen LogP contribution in [0.3, 0.4) is 0 Å². The number of carbonyl (C=O) groups excluding carboxylic acids is 1. The number of benzene rings is 2. The van der Waals surface area contributed by atoms with Crippen molar-refractivity contribution in [3.05, 3.63) is 57.1 Å². The lowest BCUT2D eigenvalue weighted by Gasteiger charge is -2.21. The van der Waals surface area contributed by atoms with Gasteiger partial charge in [0.2, 0.25) is 0 Å². The summed E-state index contributed by atoms with van der Waals surface area (Å²) in [7, 11) is 1.47. The first kappa shape index (κ1) is 17.5. The summed E-state index contributed by atoms with van der Waals surface area (Å²) in [5.74, 6) is 0.505. The van der Waals surface area contributed by atoms with Crippen LogP contribution >= 0.6 is 0 Å². The number of rotatable bonds is 6. The second-order valence-corrected chi connectivity index (χ2v) is 5.48. The maximum absolute atomic E-state index is 11.6. The quantitative estimate of drug-likeness (QED) is 0.618. The van der Waals surface area contributed by atoms with E-state index in [-0.39, 0.29) is 37.0 Å². The smallest absolute Gasteiger partial charge is 0.270 e. The van der Waals surface area contributed by atoms with E-state index in [0.29, 0.717) is 22.6 Å². The summed E-state index contributed by atoms with van der Waals surface area (Å²) in [6.45, 7) is 0.211. The van der Waals surface area contributed by atoms with Crippen molar-refractivity contribution in [1.82, 2.24) is 0 Å². The number of carbonyl (C=O) groups is 1. The van der Waals surface area contributed by atoms with Crippen LogP contribution in [0.2, 0.25) is 0 Å². The fourth-order valence-electron chi connectivity index (χ4n) is 2.60. The first-order valence-corrected chi connectivity index (χ1v) is 7.61. The third-order valence-electron chi connectivity index (χ3n) is 3.82. The Balaban J connectivity index is 1.91. The number of amides is 1. The van der Waals surface area contributed by atoms with Crippen molar-refractivity contribution in [3.63, 3.8) is 0 Å². The highest BCUT2D eigenvalue weighted by Crippen LogP contribution is 2.34. The Morgan fingerprint density at radius 2 is 2.15 bits per heavy atom. The molecule has 9 heteroatoms. The molecule has 2 aromatic carbocycles. The molecule has 1 amide bonds. The minimum Gasteiger partial charge on any atom is -0.497 e. The number of nitrogens with two attached hydrogens (primary N) is 1. The van der Waals surface area contributed by atoms with Crippen LogP contribution < -0.4 is 19.9 Å². The number of nitro groups is 1. The summed E-state index contributed by atoms with van der Waals surface area (Å²) >= 11 is 0. The molecule has 2 aromatic rings. The van der Waals surface area contributed by atoms with Crippen molar-refractivity contribution >= 4 is 11.6 Å². The molecule has 9 nitrogen and oxygen atoms in total. The monoisotopic (exact) mass is 360 g/mol. The third kappa shape index (κ3) is 3.52. The molecule has 2 N–H and O–H groups in total. The average molecular weight is 360 g/mol. The number of hydrogen-bond acceptors (Lipinski definition) is 7. The Morgan fingerprint density at radius 1 is 1.35 bits per heavy atom. The normalized spacial score (nSPS) is 12.7. The van der Waals surface area contributed by atoms with Gasteiger partial charge in [-0.3, -0.25) is 14.9 Å². The van der Waals surface area contributed by atoms with E-state index in [9.17, 15) is 14.9 Å². The fourth-order valence-corrected chi connectivity index (χ4v) is 2.60. The van der Waals surface area contributed by atoms with E-state index in [1.807, 2.05) is 0 Å². The Hall–Kier alpha value is -3.33. The molecule has 0 aliphatic carbocycles. The predicted molar refractivity (Wildman–Crippen MR) is 89.2 cm³/mol. The maximum atomic E-state index is 11.6. The molecule has 0 aromatic heterocycles. The highest BCUT2D eigenvalue weighted by atomic mass is 16.7. The van der Waals surface area contributed by atoms with Gasteiger partial charge >= 0.3 is 0 Å². The first-order chi connectivity index (χ1) is 12.5. The number of ether oxygens (including phenoxy) is 4. The highest BCUT2D eigenvalue weighted by Gasteiger charge is 2.22. The van der Waals surface area contributed by atoms with E-state index in [2.05, 4.69) is 0 Å². The van der Waals surface area contributed by atoms with E-state index in [4.69, 9.17) is 24.7 Å². The Labute approximate surface area is 148 Å². The van der Waals surface area contributed by atoms with Gasteiger partial charge in [0.25, 0.3) is 11.6 Å². The Morgan fingerprint density at radius 3 is 2.85 bits per heavy atom. The van der Waals surface area contributed by atoms with Crippen molar-refractivity contribution in [2.45, 2.75) is 13.2 Å². The molecule has 136 valence electrons. The van der Waals surface area contributed by atoms with Gasteiger partial charge < -0.3 is 24.7 Å². The van der Waals surface area contributed by atoms with Gasteiger partial charge in [0.05, 0.1) is 24.2 Å². The standard InChI is InChI=1S/C17H16N2O7/c1-23-13-2-3-15(14(6-13)17(18)20)25-8-11-5-12(19(21)22)4-10-7-24-9-26-16(10)11/h2-6H,7-9H2,1H3,(H2,18,20). The molecule has 0 unspecified atom stereocenters. The highest BCUT2D eigenvalue weighted by molar-refractivity contribution is 5.96. The molecule has 26 heavy (non-hydrogen) atoms. The van der Waals surface area contributed by atoms with Crippen LogP contribution in [0.4, 0.5) is 5.69 Å². The van der Waals surface area contributed by atoms with Crippen molar-refractivity contribution < 1.29 is 28.7 Å². The molecular formula is C17H16N2O7. The van der Waals surface area contributed by atoms with Gasteiger partial charge in [0, 0.05) is 23.3 Å². The minimum absolute atomic E-state index is 0.0450. The lowest BCUT2D eigenvalue weighted by atomic mass is 10.1. The zero-order valence-electron chi connectivity index (χ0n) is 13.9. The van der Waals surface area contributed by atoms with Gasteiger partial charge in [0.15, 0.2) is 6.79 Å². The summed E-state index contributed by atoms with van der Waals surface area (Å²) in [6, 6.07) is 7.41. The fraction of sp³-hybridized carbons (Fsp3) is 0.235. The van der Waals surface area contributed by atoms with E-state index in [1.165, 1.54) is 25.3 Å². The number of primary amides is 1. The second kappa shape index (κ2) is 7.28. The lowest BCUT2D eigenvalue weighted by Crippen LogP contribution is -2.16. The number of nitrogens with zero attached hydrogens (tertiary/aromatic N) is 1. The van der Waals surface area contributed by atoms with Crippen LogP contribution in [0.1, 0.15) is 21.5 Å². The molecule has 0 bridgehead atoms. The molecule has 0 radical (unpaired) electrons. The molecule has 0 saturated heterocycles. The Kier molecular flexibility index (Phi) is 4.90. The van der Waals surface area contributed by atoms with Crippen LogP contribution in [0.25, 0.3) is 0 Å². The number of non-ortho nitro benzene ring substituents is 1. The second-order valence-electron chi connectivity index (χ2n) is 5.48. The van der Waals surface area contributed by atoms with Crippen LogP contribution in [0.5, 0.6) is 17.2 Å². The third-order valence-corrected chi connectivity index (χ3v) is 3.82. The van der Waals surface area contributed by atoms with Crippen molar-refractivity contribution in [2.75, 3.05) is 13.9 Å². The van der Waals surface area contributed by atoms with Crippen LogP contribution in [-0.4, -0.2) is 24.7 Å². The summed E-state index contributed by atoms with van der Waals surface area (Å²) in [5, 5.41) is 11.1. The minimum atomic E-state index is -0.676. The molecule has 0 spiro atoms. The number of nitro benzene ring substituents is 1. The largest absolute Gasteiger partial charge is 0.497 e. The SMILES string of the molecule is COc1ccc(OCc2cc([N+](=O)[O-])cc3c2OCOC3)c(C(N)=O)c1. The van der Waals surface area contributed by atoms with Crippen LogP contribution in [0, 0.1) is 10.1 Å². The van der Waals surface area contributed by atoms with E-state index in [0.717, 1.165) is 0 Å². The number of methoxy groups -OCH3 is 1. The van der Waals surface area contributed by atoms with Gasteiger partial charge in [-0.15, -0.1) is 0 Å². The van der Waals surface area contributed by atoms with Crippen LogP contribution in [-0.2, 0) is 18.0 Å². The van der Waals surface area contributed by atoms with Gasteiger partial charge in [0.1, 0.15) is 23.9 Å². The van der Waals surface area contributed by atoms with Gasteiger partial charge in [-0.25, -0.2) is 0 Å². The number of hydrogen-bond donors (Lipinski definition) is 1. The molecule has 0 saturated carbocycles. The predicted octanol–water partition coefficient (Wildman–Crippen LogP) is 2.15. The zero-order valence-corrected chi connectivity index (χ0v) is 13.9. The first-order valence-electron chi connectivity index (χ1n) is 7.61. The van der Waals surface area contributed by atoms with Gasteiger partial charge in [-0.2, -0.15) is 0 Å². The summed E-state index contributed by atoms with van der Waals surface area (Å²) < 4.78 is 21.4. The van der Waals surface area contributed by atoms with Crippen LogP contribution in [0.15, 0.2) is 30.3 Å². The molecule has 1 heterocycles. The van der Waals surface area contributed by atoms with Crippen molar-refractivity contribution in [2.24, 2.45) is 5.73 Å². The van der Waals surface area contributed by atoms with E-state index < -0.39 is 10.8 Å². The van der Waals surface area contributed by atoms with Crippen molar-refractivity contribution in [1.29, 1.82) is 0 Å².